The van der Waals surface area contributed by atoms with E-state index in [0.29, 0.717) is 28.4 Å². The number of aryl methyl sites for hydroxylation is 1. The minimum absolute atomic E-state index is 0.0137. The number of esters is 1. The van der Waals surface area contributed by atoms with Gasteiger partial charge < -0.3 is 9.30 Å². The van der Waals surface area contributed by atoms with Crippen molar-refractivity contribution < 1.29 is 19.2 Å². The number of thiazole rings is 1. The van der Waals surface area contributed by atoms with Gasteiger partial charge in [0.05, 0.1) is 27.3 Å². The SMILES string of the molecule is CCOC(=O)c1ccc2c(c1)sc(=NC(=O)C=Cc1ccc([N+](=O)[O-])s1)n2CC. The largest absolute Gasteiger partial charge is 0.462 e. The van der Waals surface area contributed by atoms with Crippen LogP contribution in [0.5, 0.6) is 0 Å². The van der Waals surface area contributed by atoms with Gasteiger partial charge in [-0.1, -0.05) is 22.7 Å². The van der Waals surface area contributed by atoms with Crippen molar-refractivity contribution in [2.45, 2.75) is 20.4 Å². The molecule has 0 fully saturated rings. The Hall–Kier alpha value is -3.11. The van der Waals surface area contributed by atoms with Crippen molar-refractivity contribution in [3.63, 3.8) is 0 Å². The van der Waals surface area contributed by atoms with Crippen LogP contribution in [0.1, 0.15) is 29.1 Å². The monoisotopic (exact) mass is 431 g/mol. The van der Waals surface area contributed by atoms with Crippen molar-refractivity contribution in [3.8, 4) is 0 Å². The van der Waals surface area contributed by atoms with Crippen molar-refractivity contribution in [2.24, 2.45) is 4.99 Å². The molecule has 1 aromatic carbocycles. The molecular formula is C19H17N3O5S2. The van der Waals surface area contributed by atoms with Crippen LogP contribution < -0.4 is 4.80 Å². The van der Waals surface area contributed by atoms with Gasteiger partial charge in [-0.05, 0) is 44.2 Å². The van der Waals surface area contributed by atoms with Crippen molar-refractivity contribution in [3.05, 3.63) is 61.8 Å². The van der Waals surface area contributed by atoms with Crippen LogP contribution in [-0.4, -0.2) is 28.0 Å². The van der Waals surface area contributed by atoms with Gasteiger partial charge in [-0.15, -0.1) is 0 Å². The zero-order chi connectivity index (χ0) is 21.0. The molecular weight excluding hydrogens is 414 g/mol. The summed E-state index contributed by atoms with van der Waals surface area (Å²) in [4.78, 5) is 39.7. The Morgan fingerprint density at radius 1 is 1.24 bits per heavy atom. The number of carbonyl (C=O) groups excluding carboxylic acids is 2. The zero-order valence-corrected chi connectivity index (χ0v) is 17.3. The van der Waals surface area contributed by atoms with Gasteiger partial charge in [-0.2, -0.15) is 4.99 Å². The molecule has 2 heterocycles. The molecule has 0 saturated heterocycles. The number of benzene rings is 1. The smallest absolute Gasteiger partial charge is 0.338 e. The molecule has 29 heavy (non-hydrogen) atoms. The highest BCUT2D eigenvalue weighted by Gasteiger charge is 2.12. The number of ether oxygens (including phenoxy) is 1. The molecule has 3 aromatic rings. The quantitative estimate of drug-likeness (QED) is 0.254. The van der Waals surface area contributed by atoms with Gasteiger partial charge in [0.25, 0.3) is 5.91 Å². The maximum Gasteiger partial charge on any atom is 0.338 e. The molecule has 0 unspecified atom stereocenters. The first-order chi connectivity index (χ1) is 13.9. The lowest BCUT2D eigenvalue weighted by Gasteiger charge is -2.03. The molecule has 0 aliphatic heterocycles. The predicted molar refractivity (Wildman–Crippen MR) is 112 cm³/mol. The molecule has 10 heteroatoms. The summed E-state index contributed by atoms with van der Waals surface area (Å²) in [7, 11) is 0. The molecule has 8 nitrogen and oxygen atoms in total. The van der Waals surface area contributed by atoms with Gasteiger partial charge >= 0.3 is 11.0 Å². The molecule has 2 aromatic heterocycles. The number of hydrogen-bond acceptors (Lipinski definition) is 7. The van der Waals surface area contributed by atoms with Gasteiger partial charge in [-0.25, -0.2) is 4.79 Å². The molecule has 3 rings (SSSR count). The van der Waals surface area contributed by atoms with Crippen LogP contribution >= 0.6 is 22.7 Å². The molecule has 0 bridgehead atoms. The Morgan fingerprint density at radius 2 is 2.03 bits per heavy atom. The maximum absolute atomic E-state index is 12.3. The van der Waals surface area contributed by atoms with E-state index in [1.165, 1.54) is 29.6 Å². The normalized spacial score (nSPS) is 12.0. The number of amides is 1. The van der Waals surface area contributed by atoms with Crippen molar-refractivity contribution in [1.82, 2.24) is 4.57 Å². The second-order valence-electron chi connectivity index (χ2n) is 5.75. The van der Waals surface area contributed by atoms with Gasteiger partial charge in [0.1, 0.15) is 0 Å². The Bertz CT molecular complexity index is 1190. The first kappa shape index (κ1) is 20.6. The summed E-state index contributed by atoms with van der Waals surface area (Å²) in [6.07, 6.45) is 2.79. The highest BCUT2D eigenvalue weighted by atomic mass is 32.1. The summed E-state index contributed by atoms with van der Waals surface area (Å²) < 4.78 is 7.73. The fourth-order valence-corrected chi connectivity index (χ4v) is 4.48. The van der Waals surface area contributed by atoms with Crippen molar-refractivity contribution >= 4 is 55.8 Å². The molecule has 1 amide bonds. The Labute approximate surface area is 173 Å². The summed E-state index contributed by atoms with van der Waals surface area (Å²) in [6, 6.07) is 8.20. The first-order valence-corrected chi connectivity index (χ1v) is 10.4. The number of carbonyl (C=O) groups is 2. The molecule has 0 aliphatic rings. The summed E-state index contributed by atoms with van der Waals surface area (Å²) in [5, 5.41) is 10.7. The Balaban J connectivity index is 1.91. The van der Waals surface area contributed by atoms with Gasteiger partial charge in [0.15, 0.2) is 4.80 Å². The van der Waals surface area contributed by atoms with Crippen molar-refractivity contribution in [1.29, 1.82) is 0 Å². The number of aromatic nitrogens is 1. The molecule has 0 spiro atoms. The van der Waals surface area contributed by atoms with Crippen LogP contribution in [0.4, 0.5) is 5.00 Å². The van der Waals surface area contributed by atoms with E-state index in [1.807, 2.05) is 17.6 Å². The fraction of sp³-hybridized carbons (Fsp3) is 0.211. The fourth-order valence-electron chi connectivity index (χ4n) is 2.62. The number of thiophene rings is 1. The average Bonchev–Trinajstić information content (AvgIpc) is 3.30. The summed E-state index contributed by atoms with van der Waals surface area (Å²) in [5.74, 6) is -0.867. The lowest BCUT2D eigenvalue weighted by molar-refractivity contribution is -0.380. The number of nitro groups is 1. The lowest BCUT2D eigenvalue weighted by atomic mass is 10.2. The van der Waals surface area contributed by atoms with E-state index < -0.39 is 16.8 Å². The molecule has 0 N–H and O–H groups in total. The first-order valence-electron chi connectivity index (χ1n) is 8.74. The topological polar surface area (TPSA) is 104 Å². The molecule has 0 radical (unpaired) electrons. The van der Waals surface area contributed by atoms with E-state index in [4.69, 9.17) is 4.74 Å². The third kappa shape index (κ3) is 4.66. The number of hydrogen-bond donors (Lipinski definition) is 0. The van der Waals surface area contributed by atoms with E-state index in [2.05, 4.69) is 4.99 Å². The van der Waals surface area contributed by atoms with E-state index in [1.54, 1.807) is 25.1 Å². The summed E-state index contributed by atoms with van der Waals surface area (Å²) in [6.45, 7) is 4.59. The number of nitrogens with zero attached hydrogens (tertiary/aromatic N) is 3. The summed E-state index contributed by atoms with van der Waals surface area (Å²) in [5.41, 5.74) is 1.32. The number of fused-ring (bicyclic) bond motifs is 1. The van der Waals surface area contributed by atoms with Gasteiger partial charge in [-0.3, -0.25) is 14.9 Å². The van der Waals surface area contributed by atoms with Gasteiger partial charge in [0.2, 0.25) is 0 Å². The molecule has 0 saturated carbocycles. The number of rotatable bonds is 6. The van der Waals surface area contributed by atoms with E-state index in [9.17, 15) is 19.7 Å². The predicted octanol–water partition coefficient (Wildman–Crippen LogP) is 4.01. The zero-order valence-electron chi connectivity index (χ0n) is 15.7. The van der Waals surface area contributed by atoms with Crippen LogP contribution in [0.25, 0.3) is 16.3 Å². The van der Waals surface area contributed by atoms with Crippen LogP contribution in [0.2, 0.25) is 0 Å². The van der Waals surface area contributed by atoms with Crippen LogP contribution in [0.3, 0.4) is 0 Å². The Morgan fingerprint density at radius 3 is 2.69 bits per heavy atom. The minimum Gasteiger partial charge on any atom is -0.462 e. The molecule has 0 atom stereocenters. The van der Waals surface area contributed by atoms with Crippen LogP contribution in [0.15, 0.2) is 41.4 Å². The molecule has 0 aliphatic carbocycles. The van der Waals surface area contributed by atoms with E-state index >= 15 is 0 Å². The van der Waals surface area contributed by atoms with Crippen LogP contribution in [0, 0.1) is 10.1 Å². The van der Waals surface area contributed by atoms with E-state index in [-0.39, 0.29) is 5.00 Å². The van der Waals surface area contributed by atoms with Gasteiger partial charge in [0, 0.05) is 23.6 Å². The lowest BCUT2D eigenvalue weighted by Crippen LogP contribution is -2.15. The highest BCUT2D eigenvalue weighted by molar-refractivity contribution is 7.16. The second-order valence-corrected chi connectivity index (χ2v) is 7.85. The third-order valence-electron chi connectivity index (χ3n) is 3.90. The standard InChI is InChI=1S/C19H17N3O5S2/c1-3-21-14-8-5-12(18(24)27-4-2)11-15(14)29-19(21)20-16(23)9-6-13-7-10-17(28-13)22(25)26/h5-11H,3-4H2,1-2H3. The average molecular weight is 431 g/mol. The third-order valence-corrected chi connectivity index (χ3v) is 5.94. The summed E-state index contributed by atoms with van der Waals surface area (Å²) >= 11 is 2.29. The second kappa shape index (κ2) is 8.93. The van der Waals surface area contributed by atoms with Crippen LogP contribution in [-0.2, 0) is 16.1 Å². The van der Waals surface area contributed by atoms with E-state index in [0.717, 1.165) is 21.6 Å². The highest BCUT2D eigenvalue weighted by Crippen LogP contribution is 2.25. The molecule has 150 valence electrons. The minimum atomic E-state index is -0.472. The van der Waals surface area contributed by atoms with Crippen molar-refractivity contribution in [2.75, 3.05) is 6.61 Å². The Kier molecular flexibility index (Phi) is 6.35. The maximum atomic E-state index is 12.3.